The first kappa shape index (κ1) is 31.5. The van der Waals surface area contributed by atoms with Crippen LogP contribution >= 0.6 is 0 Å². The van der Waals surface area contributed by atoms with Crippen LogP contribution in [0.2, 0.25) is 0 Å². The van der Waals surface area contributed by atoms with Crippen molar-refractivity contribution in [3.8, 4) is 0 Å². The van der Waals surface area contributed by atoms with Crippen molar-refractivity contribution in [2.24, 2.45) is 0 Å². The minimum Gasteiger partial charge on any atom is -0.550 e. The van der Waals surface area contributed by atoms with Crippen LogP contribution < -0.4 is 20.4 Å². The number of carboxylic acids is 4. The van der Waals surface area contributed by atoms with Gasteiger partial charge in [0.2, 0.25) is 0 Å². The molecule has 12 nitrogen and oxygen atoms in total. The predicted molar refractivity (Wildman–Crippen MR) is 76.0 cm³/mol. The lowest BCUT2D eigenvalue weighted by Gasteiger charge is -2.01. The van der Waals surface area contributed by atoms with Gasteiger partial charge in [-0.1, -0.05) is 0 Å². The number of hydrogen-bond donors (Lipinski definition) is 4. The highest BCUT2D eigenvalue weighted by atomic mass is 16.4. The van der Waals surface area contributed by atoms with Crippen molar-refractivity contribution in [2.75, 3.05) is 13.2 Å². The second-order valence-corrected chi connectivity index (χ2v) is 4.46. The first-order valence-corrected chi connectivity index (χ1v) is 7.19. The minimum absolute atomic E-state index is 0.0451. The number of hydrogen-bond acceptors (Lipinski definition) is 12. The van der Waals surface area contributed by atoms with E-state index in [1.807, 2.05) is 0 Å². The van der Waals surface area contributed by atoms with Gasteiger partial charge in [-0.25, -0.2) is 0 Å². The molecule has 0 amide bonds. The summed E-state index contributed by atoms with van der Waals surface area (Å²) in [6, 6.07) is 0. The van der Waals surface area contributed by atoms with Crippen LogP contribution in [0.1, 0.15) is 39.5 Å². The molecule has 0 radical (unpaired) electrons. The third kappa shape index (κ3) is 57.6. The topological polar surface area (TPSA) is 241 Å². The van der Waals surface area contributed by atoms with E-state index in [4.69, 9.17) is 20.4 Å². The van der Waals surface area contributed by atoms with Crippen molar-refractivity contribution < 1.29 is 60.0 Å². The number of carbonyl (C=O) groups is 4. The summed E-state index contributed by atoms with van der Waals surface area (Å²) in [5.41, 5.74) is 0. The van der Waals surface area contributed by atoms with Gasteiger partial charge in [0.05, 0.1) is 18.2 Å². The normalized spacial score (nSPS) is 11.0. The van der Waals surface area contributed by atoms with Gasteiger partial charge < -0.3 is 60.0 Å². The SMILES string of the molecule is CC(O)C(=O)[O-].CC(O)CC(=O)[O-].O=C([O-])CCCO.O=C([O-])CCO. The Labute approximate surface area is 150 Å². The molecule has 0 aliphatic heterocycles. The first-order chi connectivity index (χ1) is 11.8. The van der Waals surface area contributed by atoms with Crippen LogP contribution in [0.15, 0.2) is 0 Å². The van der Waals surface area contributed by atoms with E-state index < -0.39 is 36.1 Å². The lowest BCUT2D eigenvalue weighted by Crippen LogP contribution is -2.32. The van der Waals surface area contributed by atoms with E-state index in [9.17, 15) is 39.6 Å². The molecule has 0 aliphatic carbocycles. The van der Waals surface area contributed by atoms with Crippen molar-refractivity contribution in [1.82, 2.24) is 0 Å². The quantitative estimate of drug-likeness (QED) is 0.305. The number of carboxylic acid groups (broad SMARTS) is 4. The van der Waals surface area contributed by atoms with Gasteiger partial charge in [0.25, 0.3) is 0 Å². The number of carbonyl (C=O) groups excluding carboxylic acids is 4. The molecule has 0 aromatic heterocycles. The summed E-state index contributed by atoms with van der Waals surface area (Å²) in [5, 5.41) is 69.9. The maximum absolute atomic E-state index is 9.54. The summed E-state index contributed by atoms with van der Waals surface area (Å²) in [6.07, 6.45) is -2.42. The zero-order valence-electron chi connectivity index (χ0n) is 14.5. The Kier molecular flexibility index (Phi) is 27.5. The fourth-order valence-corrected chi connectivity index (χ4v) is 0.556. The minimum atomic E-state index is -1.44. The summed E-state index contributed by atoms with van der Waals surface area (Å²) in [5.74, 6) is -4.96. The van der Waals surface area contributed by atoms with E-state index in [1.165, 1.54) is 6.92 Å². The largest absolute Gasteiger partial charge is 0.550 e. The molecule has 0 aliphatic rings. The van der Waals surface area contributed by atoms with Gasteiger partial charge in [0.15, 0.2) is 0 Å². The zero-order valence-corrected chi connectivity index (χ0v) is 14.5. The molecule has 2 atom stereocenters. The van der Waals surface area contributed by atoms with Crippen LogP contribution in [0.5, 0.6) is 0 Å². The molecule has 0 aromatic carbocycles. The average Bonchev–Trinajstić information content (AvgIpc) is 2.45. The summed E-state index contributed by atoms with van der Waals surface area (Å²) in [4.78, 5) is 37.7. The van der Waals surface area contributed by atoms with Crippen molar-refractivity contribution in [3.05, 3.63) is 0 Å². The molecule has 156 valence electrons. The third-order valence-electron chi connectivity index (χ3n) is 1.66. The molecule has 0 fully saturated rings. The Morgan fingerprint density at radius 3 is 1.19 bits per heavy atom. The van der Waals surface area contributed by atoms with E-state index in [-0.39, 0.29) is 32.5 Å². The zero-order chi connectivity index (χ0) is 21.7. The summed E-state index contributed by atoms with van der Waals surface area (Å²) >= 11 is 0. The lowest BCUT2D eigenvalue weighted by atomic mass is 10.3. The number of rotatable bonds is 8. The number of aliphatic hydroxyl groups excluding tert-OH is 4. The third-order valence-corrected chi connectivity index (χ3v) is 1.66. The van der Waals surface area contributed by atoms with Crippen LogP contribution in [-0.2, 0) is 19.2 Å². The maximum Gasteiger partial charge on any atom is 0.0905 e. The average molecular weight is 384 g/mol. The second kappa shape index (κ2) is 22.7. The Balaban J connectivity index is -0.000000124. The Morgan fingerprint density at radius 2 is 1.15 bits per heavy atom. The van der Waals surface area contributed by atoms with E-state index >= 15 is 0 Å². The highest BCUT2D eigenvalue weighted by Gasteiger charge is 1.92. The standard InChI is InChI=1S/2C4H8O3.2C3H6O3/c1-3(5)2-4(6)7;5-3-1-2-4(6)7;1-2(4)3(5)6;4-2-1-3(5)6/h3,5H,2H2,1H3,(H,6,7);5H,1-3H2,(H,6,7);2,4H,1H3,(H,5,6);4H,1-2H2,(H,5,6)/p-4. The fraction of sp³-hybridized carbons (Fsp3) is 0.714. The van der Waals surface area contributed by atoms with Crippen LogP contribution in [0.4, 0.5) is 0 Å². The van der Waals surface area contributed by atoms with Crippen LogP contribution in [-0.4, -0.2) is 69.7 Å². The molecule has 0 spiro atoms. The van der Waals surface area contributed by atoms with E-state index in [2.05, 4.69) is 0 Å². The number of aliphatic carboxylic acids is 4. The summed E-state index contributed by atoms with van der Waals surface area (Å²) in [7, 11) is 0. The molecule has 0 heterocycles. The molecular formula is C14H24O12-4. The Bertz CT molecular complexity index is 378. The molecule has 0 rings (SSSR count). The molecule has 4 N–H and O–H groups in total. The van der Waals surface area contributed by atoms with Crippen LogP contribution in [0.3, 0.4) is 0 Å². The summed E-state index contributed by atoms with van der Waals surface area (Å²) < 4.78 is 0. The van der Waals surface area contributed by atoms with Gasteiger partial charge in [-0.05, 0) is 26.7 Å². The van der Waals surface area contributed by atoms with Gasteiger partial charge in [-0.15, -0.1) is 0 Å². The van der Waals surface area contributed by atoms with Crippen molar-refractivity contribution >= 4 is 23.9 Å². The lowest BCUT2D eigenvalue weighted by molar-refractivity contribution is -0.314. The monoisotopic (exact) mass is 384 g/mol. The highest BCUT2D eigenvalue weighted by molar-refractivity contribution is 5.68. The Hall–Kier alpha value is -2.28. The van der Waals surface area contributed by atoms with E-state index in [1.54, 1.807) is 0 Å². The van der Waals surface area contributed by atoms with E-state index in [0.29, 0.717) is 6.42 Å². The fourth-order valence-electron chi connectivity index (χ4n) is 0.556. The van der Waals surface area contributed by atoms with E-state index in [0.717, 1.165) is 6.92 Å². The highest BCUT2D eigenvalue weighted by Crippen LogP contribution is 1.83. The molecule has 0 aromatic rings. The predicted octanol–water partition coefficient (Wildman–Crippen LogP) is -6.75. The smallest absolute Gasteiger partial charge is 0.0905 e. The van der Waals surface area contributed by atoms with Gasteiger partial charge in [0, 0.05) is 44.0 Å². The number of aliphatic hydroxyl groups is 4. The molecule has 0 saturated carbocycles. The van der Waals surface area contributed by atoms with Crippen LogP contribution in [0, 0.1) is 0 Å². The Morgan fingerprint density at radius 1 is 0.769 bits per heavy atom. The van der Waals surface area contributed by atoms with Crippen LogP contribution in [0.25, 0.3) is 0 Å². The molecular weight excluding hydrogens is 360 g/mol. The van der Waals surface area contributed by atoms with Crippen molar-refractivity contribution in [3.63, 3.8) is 0 Å². The van der Waals surface area contributed by atoms with Gasteiger partial charge >= 0.3 is 0 Å². The summed E-state index contributed by atoms with van der Waals surface area (Å²) in [6.45, 7) is 2.13. The van der Waals surface area contributed by atoms with Gasteiger partial charge in [-0.3, -0.25) is 0 Å². The molecule has 26 heavy (non-hydrogen) atoms. The second-order valence-electron chi connectivity index (χ2n) is 4.46. The molecule has 0 bridgehead atoms. The maximum atomic E-state index is 9.54. The molecule has 0 saturated heterocycles. The first-order valence-electron chi connectivity index (χ1n) is 7.19. The van der Waals surface area contributed by atoms with Gasteiger partial charge in [-0.2, -0.15) is 0 Å². The van der Waals surface area contributed by atoms with Crippen molar-refractivity contribution in [2.45, 2.75) is 51.7 Å². The molecule has 2 unspecified atom stereocenters. The molecule has 12 heteroatoms. The van der Waals surface area contributed by atoms with Crippen molar-refractivity contribution in [1.29, 1.82) is 0 Å². The van der Waals surface area contributed by atoms with Gasteiger partial charge in [0.1, 0.15) is 0 Å².